The Morgan fingerprint density at radius 3 is 2.24 bits per heavy atom. The molecule has 0 aromatic heterocycles. The van der Waals surface area contributed by atoms with Gasteiger partial charge in [-0.05, 0) is 57.0 Å². The molecule has 0 unspecified atom stereocenters. The zero-order valence-corrected chi connectivity index (χ0v) is 19.6. The maximum absolute atomic E-state index is 14.5. The number of anilines is 2. The number of para-hydroxylation sites is 1. The number of ketones is 1. The van der Waals surface area contributed by atoms with Gasteiger partial charge in [-0.3, -0.25) is 19.3 Å². The zero-order chi connectivity index (χ0) is 24.1. The highest BCUT2D eigenvalue weighted by atomic mass is 19.1. The lowest BCUT2D eigenvalue weighted by molar-refractivity contribution is -0.128. The number of carbonyl (C=O) groups is 3. The highest BCUT2D eigenvalue weighted by molar-refractivity contribution is 5.96. The van der Waals surface area contributed by atoms with Gasteiger partial charge in [0.2, 0.25) is 11.8 Å². The van der Waals surface area contributed by atoms with E-state index in [0.717, 1.165) is 16.8 Å². The van der Waals surface area contributed by atoms with E-state index < -0.39 is 11.9 Å². The van der Waals surface area contributed by atoms with Gasteiger partial charge in [0.1, 0.15) is 5.82 Å². The first-order valence-corrected chi connectivity index (χ1v) is 11.1. The molecule has 7 nitrogen and oxygen atoms in total. The van der Waals surface area contributed by atoms with Crippen LogP contribution in [0.3, 0.4) is 0 Å². The Kier molecular flexibility index (Phi) is 7.81. The van der Waals surface area contributed by atoms with Crippen molar-refractivity contribution in [1.82, 2.24) is 10.2 Å². The summed E-state index contributed by atoms with van der Waals surface area (Å²) in [6, 6.07) is 9.89. The molecular formula is C25H31FN4O3. The predicted octanol–water partition coefficient (Wildman–Crippen LogP) is 2.91. The van der Waals surface area contributed by atoms with E-state index in [1.54, 1.807) is 19.1 Å². The average Bonchev–Trinajstić information content (AvgIpc) is 2.79. The molecule has 2 aromatic carbocycles. The molecule has 0 saturated carbocycles. The first kappa shape index (κ1) is 24.4. The van der Waals surface area contributed by atoms with Crippen LogP contribution in [-0.4, -0.2) is 61.3 Å². The molecule has 0 bridgehead atoms. The van der Waals surface area contributed by atoms with Gasteiger partial charge < -0.3 is 15.5 Å². The number of benzene rings is 2. The van der Waals surface area contributed by atoms with Crippen molar-refractivity contribution in [2.75, 3.05) is 42.9 Å². The third-order valence-corrected chi connectivity index (χ3v) is 6.11. The minimum Gasteiger partial charge on any atom is -0.367 e. The molecule has 1 heterocycles. The molecule has 3 rings (SSSR count). The van der Waals surface area contributed by atoms with Gasteiger partial charge in [0.05, 0.1) is 18.3 Å². The Morgan fingerprint density at radius 2 is 1.67 bits per heavy atom. The maximum Gasteiger partial charge on any atom is 0.243 e. The number of amides is 2. The molecule has 2 N–H and O–H groups in total. The number of halogens is 1. The lowest BCUT2D eigenvalue weighted by atomic mass is 10.1. The zero-order valence-electron chi connectivity index (χ0n) is 19.6. The number of Topliss-reactive ketones (excluding diaryl/α,β-unsaturated/α-hetero) is 1. The molecule has 33 heavy (non-hydrogen) atoms. The molecule has 0 aliphatic carbocycles. The summed E-state index contributed by atoms with van der Waals surface area (Å²) in [6.07, 6.45) is 0. The van der Waals surface area contributed by atoms with Gasteiger partial charge in [0, 0.05) is 37.4 Å². The van der Waals surface area contributed by atoms with Gasteiger partial charge >= 0.3 is 0 Å². The summed E-state index contributed by atoms with van der Waals surface area (Å²) in [5, 5.41) is 5.57. The topological polar surface area (TPSA) is 81.8 Å². The minimum atomic E-state index is -0.420. The lowest BCUT2D eigenvalue weighted by Crippen LogP contribution is -2.54. The second-order valence-electron chi connectivity index (χ2n) is 8.45. The van der Waals surface area contributed by atoms with Crippen LogP contribution in [-0.2, 0) is 9.59 Å². The Morgan fingerprint density at radius 1 is 1.03 bits per heavy atom. The minimum absolute atomic E-state index is 0.107. The smallest absolute Gasteiger partial charge is 0.243 e. The van der Waals surface area contributed by atoms with Crippen LogP contribution in [0.4, 0.5) is 15.8 Å². The molecule has 2 amide bonds. The van der Waals surface area contributed by atoms with Crippen LogP contribution >= 0.6 is 0 Å². The van der Waals surface area contributed by atoms with Crippen LogP contribution in [0.25, 0.3) is 0 Å². The molecule has 176 valence electrons. The Balaban J connectivity index is 1.49. The summed E-state index contributed by atoms with van der Waals surface area (Å²) < 4.78 is 14.5. The molecule has 0 spiro atoms. The van der Waals surface area contributed by atoms with Crippen LogP contribution in [0.5, 0.6) is 0 Å². The number of hydrogen-bond donors (Lipinski definition) is 2. The fourth-order valence-corrected chi connectivity index (χ4v) is 4.01. The molecule has 0 radical (unpaired) electrons. The van der Waals surface area contributed by atoms with E-state index in [9.17, 15) is 18.8 Å². The first-order valence-electron chi connectivity index (χ1n) is 11.1. The molecule has 1 fully saturated rings. The molecule has 2 aromatic rings. The molecular weight excluding hydrogens is 423 g/mol. The summed E-state index contributed by atoms with van der Waals surface area (Å²) in [4.78, 5) is 40.3. The number of piperazine rings is 1. The molecule has 1 aliphatic heterocycles. The van der Waals surface area contributed by atoms with Crippen LogP contribution in [0.1, 0.15) is 35.3 Å². The Labute approximate surface area is 193 Å². The summed E-state index contributed by atoms with van der Waals surface area (Å²) in [5.41, 5.74) is 3.51. The predicted molar refractivity (Wildman–Crippen MR) is 127 cm³/mol. The van der Waals surface area contributed by atoms with Crippen molar-refractivity contribution in [2.24, 2.45) is 0 Å². The van der Waals surface area contributed by atoms with E-state index in [1.807, 2.05) is 41.8 Å². The van der Waals surface area contributed by atoms with Crippen molar-refractivity contribution < 1.29 is 18.8 Å². The molecule has 8 heteroatoms. The van der Waals surface area contributed by atoms with Crippen molar-refractivity contribution in [3.63, 3.8) is 0 Å². The fraction of sp³-hybridized carbons (Fsp3) is 0.400. The van der Waals surface area contributed by atoms with E-state index in [2.05, 4.69) is 10.6 Å². The highest BCUT2D eigenvalue weighted by Gasteiger charge is 2.27. The molecule has 1 aliphatic rings. The summed E-state index contributed by atoms with van der Waals surface area (Å²) in [5.74, 6) is -1.09. The second kappa shape index (κ2) is 10.6. The van der Waals surface area contributed by atoms with Crippen LogP contribution < -0.4 is 15.5 Å². The van der Waals surface area contributed by atoms with Crippen molar-refractivity contribution in [3.8, 4) is 0 Å². The number of nitrogens with zero attached hydrogens (tertiary/aromatic N) is 2. The SMILES string of the molecule is CC(=O)c1ccc(N2CCN([C@@H](C)C(=O)NCC(=O)Nc3c(C)cccc3C)CC2)c(F)c1. The van der Waals surface area contributed by atoms with Gasteiger partial charge in [-0.15, -0.1) is 0 Å². The average molecular weight is 455 g/mol. The van der Waals surface area contributed by atoms with E-state index in [0.29, 0.717) is 37.4 Å². The van der Waals surface area contributed by atoms with E-state index in [-0.39, 0.29) is 24.1 Å². The second-order valence-corrected chi connectivity index (χ2v) is 8.45. The quantitative estimate of drug-likeness (QED) is 0.629. The Hall–Kier alpha value is -3.26. The van der Waals surface area contributed by atoms with Crippen molar-refractivity contribution >= 4 is 29.0 Å². The summed E-state index contributed by atoms with van der Waals surface area (Å²) in [6.45, 7) is 9.23. The number of rotatable bonds is 7. The van der Waals surface area contributed by atoms with Gasteiger partial charge in [0.15, 0.2) is 5.78 Å². The highest BCUT2D eigenvalue weighted by Crippen LogP contribution is 2.23. The summed E-state index contributed by atoms with van der Waals surface area (Å²) >= 11 is 0. The molecule has 1 saturated heterocycles. The van der Waals surface area contributed by atoms with E-state index >= 15 is 0 Å². The largest absolute Gasteiger partial charge is 0.367 e. The number of hydrogen-bond acceptors (Lipinski definition) is 5. The fourth-order valence-electron chi connectivity index (χ4n) is 4.01. The Bertz CT molecular complexity index is 1030. The van der Waals surface area contributed by atoms with Crippen molar-refractivity contribution in [3.05, 3.63) is 58.9 Å². The third kappa shape index (κ3) is 5.96. The van der Waals surface area contributed by atoms with Crippen molar-refractivity contribution in [2.45, 2.75) is 33.7 Å². The summed E-state index contributed by atoms with van der Waals surface area (Å²) in [7, 11) is 0. The maximum atomic E-state index is 14.5. The molecule has 1 atom stereocenters. The first-order chi connectivity index (χ1) is 15.7. The number of aryl methyl sites for hydroxylation is 2. The number of nitrogens with one attached hydrogen (secondary N) is 2. The van der Waals surface area contributed by atoms with E-state index in [1.165, 1.54) is 13.0 Å². The normalized spacial score (nSPS) is 15.1. The van der Waals surface area contributed by atoms with Crippen molar-refractivity contribution in [1.29, 1.82) is 0 Å². The van der Waals surface area contributed by atoms with Crippen LogP contribution in [0, 0.1) is 19.7 Å². The lowest BCUT2D eigenvalue weighted by Gasteiger charge is -2.38. The van der Waals surface area contributed by atoms with E-state index in [4.69, 9.17) is 0 Å². The third-order valence-electron chi connectivity index (χ3n) is 6.11. The monoisotopic (exact) mass is 454 g/mol. The van der Waals surface area contributed by atoms with Crippen LogP contribution in [0.2, 0.25) is 0 Å². The van der Waals surface area contributed by atoms with Gasteiger partial charge in [-0.1, -0.05) is 18.2 Å². The van der Waals surface area contributed by atoms with Gasteiger partial charge in [-0.25, -0.2) is 4.39 Å². The van der Waals surface area contributed by atoms with Crippen LogP contribution in [0.15, 0.2) is 36.4 Å². The van der Waals surface area contributed by atoms with Gasteiger partial charge in [-0.2, -0.15) is 0 Å². The van der Waals surface area contributed by atoms with Gasteiger partial charge in [0.25, 0.3) is 0 Å². The standard InChI is InChI=1S/C25H31FN4O3/c1-16-6-5-7-17(2)24(16)28-23(32)15-27-25(33)18(3)29-10-12-30(13-11-29)22-9-8-20(19(4)31)14-21(22)26/h5-9,14,18H,10-13,15H2,1-4H3,(H,27,33)(H,28,32)/t18-/m0/s1. The number of carbonyl (C=O) groups excluding carboxylic acids is 3.